The third kappa shape index (κ3) is 4.29. The summed E-state index contributed by atoms with van der Waals surface area (Å²) >= 11 is 3.32. The second kappa shape index (κ2) is 6.72. The van der Waals surface area contributed by atoms with Crippen LogP contribution in [-0.4, -0.2) is 17.5 Å². The molecule has 1 N–H and O–H groups in total. The number of anilines is 1. The van der Waals surface area contributed by atoms with E-state index >= 15 is 0 Å². The Balaban J connectivity index is 1.97. The molecule has 1 heterocycles. The smallest absolute Gasteiger partial charge is 0.262 e. The van der Waals surface area contributed by atoms with E-state index in [0.29, 0.717) is 10.4 Å². The molecule has 0 aliphatic heterocycles. The van der Waals surface area contributed by atoms with Crippen molar-refractivity contribution in [3.63, 3.8) is 0 Å². The molecule has 1 amide bonds. The van der Waals surface area contributed by atoms with E-state index in [0.717, 1.165) is 22.5 Å². The number of halogens is 1. The van der Waals surface area contributed by atoms with E-state index in [2.05, 4.69) is 26.2 Å². The summed E-state index contributed by atoms with van der Waals surface area (Å²) in [5.41, 5.74) is 3.81. The molecule has 0 aliphatic carbocycles. The number of aryl methyl sites for hydroxylation is 3. The van der Waals surface area contributed by atoms with Crippen LogP contribution in [0.4, 0.5) is 5.69 Å². The van der Waals surface area contributed by atoms with Gasteiger partial charge in [0.2, 0.25) is 0 Å². The molecule has 0 bridgehead atoms. The highest BCUT2D eigenvalue weighted by Crippen LogP contribution is 2.22. The van der Waals surface area contributed by atoms with Gasteiger partial charge < -0.3 is 10.1 Å². The van der Waals surface area contributed by atoms with E-state index in [9.17, 15) is 4.79 Å². The lowest BCUT2D eigenvalue weighted by Crippen LogP contribution is -2.21. The Bertz CT molecular complexity index is 671. The van der Waals surface area contributed by atoms with Crippen molar-refractivity contribution in [1.29, 1.82) is 0 Å². The number of nitrogens with one attached hydrogen (secondary N) is 1. The number of aromatic nitrogens is 1. The van der Waals surface area contributed by atoms with Crippen LogP contribution in [0.2, 0.25) is 0 Å². The van der Waals surface area contributed by atoms with Crippen LogP contribution in [0.5, 0.6) is 5.75 Å². The van der Waals surface area contributed by atoms with Crippen LogP contribution in [0.25, 0.3) is 0 Å². The van der Waals surface area contributed by atoms with Crippen molar-refractivity contribution in [2.24, 2.45) is 0 Å². The highest BCUT2D eigenvalue weighted by atomic mass is 79.9. The maximum absolute atomic E-state index is 12.0. The second-order valence-electron chi connectivity index (χ2n) is 4.90. The number of carbonyl (C=O) groups excluding carboxylic acids is 1. The minimum absolute atomic E-state index is 0.0588. The molecule has 21 heavy (non-hydrogen) atoms. The fourth-order valence-corrected chi connectivity index (χ4v) is 2.35. The molecular formula is C16H17BrN2O2. The molecule has 2 rings (SSSR count). The molecule has 0 unspecified atom stereocenters. The highest BCUT2D eigenvalue weighted by molar-refractivity contribution is 9.10. The molecule has 110 valence electrons. The maximum atomic E-state index is 12.0. The highest BCUT2D eigenvalue weighted by Gasteiger charge is 2.08. The zero-order valence-corrected chi connectivity index (χ0v) is 13.8. The molecule has 1 aromatic heterocycles. The van der Waals surface area contributed by atoms with Crippen LogP contribution < -0.4 is 10.1 Å². The predicted molar refractivity (Wildman–Crippen MR) is 86.7 cm³/mol. The van der Waals surface area contributed by atoms with E-state index in [-0.39, 0.29) is 12.5 Å². The van der Waals surface area contributed by atoms with E-state index < -0.39 is 0 Å². The van der Waals surface area contributed by atoms with Gasteiger partial charge in [-0.2, -0.15) is 0 Å². The summed E-state index contributed by atoms with van der Waals surface area (Å²) < 4.78 is 6.07. The second-order valence-corrected chi connectivity index (χ2v) is 5.65. The van der Waals surface area contributed by atoms with Crippen LogP contribution >= 0.6 is 15.9 Å². The average molecular weight is 349 g/mol. The number of amides is 1. The van der Waals surface area contributed by atoms with E-state index in [1.165, 1.54) is 0 Å². The van der Waals surface area contributed by atoms with E-state index in [4.69, 9.17) is 4.74 Å². The molecule has 0 radical (unpaired) electrons. The van der Waals surface area contributed by atoms with Gasteiger partial charge in [0.25, 0.3) is 5.91 Å². The van der Waals surface area contributed by atoms with Crippen molar-refractivity contribution < 1.29 is 9.53 Å². The van der Waals surface area contributed by atoms with Crippen LogP contribution in [0.1, 0.15) is 16.8 Å². The Morgan fingerprint density at radius 2 is 2.00 bits per heavy atom. The van der Waals surface area contributed by atoms with Crippen molar-refractivity contribution in [1.82, 2.24) is 4.98 Å². The van der Waals surface area contributed by atoms with Gasteiger partial charge in [-0.05, 0) is 66.0 Å². The zero-order valence-electron chi connectivity index (χ0n) is 12.2. The lowest BCUT2D eigenvalue weighted by molar-refractivity contribution is -0.118. The van der Waals surface area contributed by atoms with Crippen molar-refractivity contribution in [2.75, 3.05) is 11.9 Å². The van der Waals surface area contributed by atoms with Gasteiger partial charge in [-0.15, -0.1) is 0 Å². The van der Waals surface area contributed by atoms with Gasteiger partial charge in [0.1, 0.15) is 4.60 Å². The Morgan fingerprint density at radius 3 is 2.71 bits per heavy atom. The number of rotatable bonds is 4. The van der Waals surface area contributed by atoms with Gasteiger partial charge in [0.05, 0.1) is 0 Å². The number of ether oxygens (including phenoxy) is 1. The molecular weight excluding hydrogens is 332 g/mol. The first-order valence-corrected chi connectivity index (χ1v) is 7.38. The van der Waals surface area contributed by atoms with Gasteiger partial charge in [-0.3, -0.25) is 4.79 Å². The van der Waals surface area contributed by atoms with E-state index in [1.54, 1.807) is 6.07 Å². The van der Waals surface area contributed by atoms with Crippen LogP contribution in [0, 0.1) is 20.8 Å². The first-order chi connectivity index (χ1) is 9.95. The van der Waals surface area contributed by atoms with Crippen LogP contribution in [0.15, 0.2) is 34.9 Å². The summed E-state index contributed by atoms with van der Waals surface area (Å²) in [6.45, 7) is 5.77. The third-order valence-electron chi connectivity index (χ3n) is 2.98. The molecule has 0 atom stereocenters. The van der Waals surface area contributed by atoms with Crippen LogP contribution in [0.3, 0.4) is 0 Å². The average Bonchev–Trinajstić information content (AvgIpc) is 2.42. The number of carbonyl (C=O) groups is 1. The standard InChI is InChI=1S/C16H17BrN2O2/c1-10-4-5-11(2)13(8-10)19-15(20)9-21-14-7-6-12(3)18-16(14)17/h4-8H,9H2,1-3H3,(H,19,20). The Hall–Kier alpha value is -1.88. The predicted octanol–water partition coefficient (Wildman–Crippen LogP) is 3.79. The maximum Gasteiger partial charge on any atom is 0.262 e. The Labute approximate surface area is 132 Å². The molecule has 5 heteroatoms. The molecule has 4 nitrogen and oxygen atoms in total. The minimum atomic E-state index is -0.198. The number of nitrogens with zero attached hydrogens (tertiary/aromatic N) is 1. The summed E-state index contributed by atoms with van der Waals surface area (Å²) in [7, 11) is 0. The molecule has 0 spiro atoms. The molecule has 0 fully saturated rings. The molecule has 2 aromatic rings. The quantitative estimate of drug-likeness (QED) is 0.855. The van der Waals surface area contributed by atoms with Crippen molar-refractivity contribution in [2.45, 2.75) is 20.8 Å². The molecule has 0 saturated heterocycles. The third-order valence-corrected chi connectivity index (χ3v) is 3.55. The summed E-state index contributed by atoms with van der Waals surface area (Å²) in [5.74, 6) is 0.355. The molecule has 0 saturated carbocycles. The molecule has 0 aliphatic rings. The van der Waals surface area contributed by atoms with Gasteiger partial charge in [0.15, 0.2) is 12.4 Å². The minimum Gasteiger partial charge on any atom is -0.481 e. The van der Waals surface area contributed by atoms with Gasteiger partial charge in [-0.25, -0.2) is 4.98 Å². The fourth-order valence-electron chi connectivity index (χ4n) is 1.82. The lowest BCUT2D eigenvalue weighted by Gasteiger charge is -2.11. The van der Waals surface area contributed by atoms with Crippen molar-refractivity contribution in [3.8, 4) is 5.75 Å². The van der Waals surface area contributed by atoms with Crippen molar-refractivity contribution >= 4 is 27.5 Å². The van der Waals surface area contributed by atoms with Gasteiger partial charge in [0, 0.05) is 11.4 Å². The normalized spacial score (nSPS) is 10.3. The van der Waals surface area contributed by atoms with Gasteiger partial charge >= 0.3 is 0 Å². The number of pyridine rings is 1. The largest absolute Gasteiger partial charge is 0.481 e. The Morgan fingerprint density at radius 1 is 1.24 bits per heavy atom. The number of hydrogen-bond acceptors (Lipinski definition) is 3. The summed E-state index contributed by atoms with van der Waals surface area (Å²) in [6.07, 6.45) is 0. The lowest BCUT2D eigenvalue weighted by atomic mass is 10.1. The monoisotopic (exact) mass is 348 g/mol. The summed E-state index contributed by atoms with van der Waals surface area (Å²) in [6, 6.07) is 9.56. The number of benzene rings is 1. The van der Waals surface area contributed by atoms with Crippen molar-refractivity contribution in [3.05, 3.63) is 51.8 Å². The van der Waals surface area contributed by atoms with Gasteiger partial charge in [-0.1, -0.05) is 12.1 Å². The van der Waals surface area contributed by atoms with Crippen LogP contribution in [-0.2, 0) is 4.79 Å². The fraction of sp³-hybridized carbons (Fsp3) is 0.250. The first kappa shape index (κ1) is 15.5. The topological polar surface area (TPSA) is 51.2 Å². The summed E-state index contributed by atoms with van der Waals surface area (Å²) in [5, 5.41) is 2.85. The molecule has 1 aromatic carbocycles. The number of hydrogen-bond donors (Lipinski definition) is 1. The Kier molecular flexibility index (Phi) is 4.96. The zero-order chi connectivity index (χ0) is 15.4. The first-order valence-electron chi connectivity index (χ1n) is 6.59. The summed E-state index contributed by atoms with van der Waals surface area (Å²) in [4.78, 5) is 16.2. The van der Waals surface area contributed by atoms with E-state index in [1.807, 2.05) is 45.0 Å². The SMILES string of the molecule is Cc1ccc(C)c(NC(=O)COc2ccc(C)nc2Br)c1.